The van der Waals surface area contributed by atoms with E-state index in [1.165, 1.54) is 0 Å². The van der Waals surface area contributed by atoms with Crippen LogP contribution in [0.25, 0.3) is 0 Å². The van der Waals surface area contributed by atoms with Crippen LogP contribution in [0.5, 0.6) is 0 Å². The zero-order chi connectivity index (χ0) is 12.4. The summed E-state index contributed by atoms with van der Waals surface area (Å²) in [6, 6.07) is 0. The van der Waals surface area contributed by atoms with Gasteiger partial charge in [0.1, 0.15) is 0 Å². The number of hydrogen-bond acceptors (Lipinski definition) is 3. The molecule has 0 aliphatic heterocycles. The molecule has 1 aromatic heterocycles. The van der Waals surface area contributed by atoms with Crippen molar-refractivity contribution in [2.45, 2.75) is 32.6 Å². The average Bonchev–Trinajstić information content (AvgIpc) is 2.71. The van der Waals surface area contributed by atoms with Gasteiger partial charge in [0.05, 0.1) is 6.61 Å². The molecule has 0 amide bonds. The van der Waals surface area contributed by atoms with E-state index in [4.69, 9.17) is 4.74 Å². The lowest BCUT2D eigenvalue weighted by atomic mass is 9.87. The number of nitrogens with zero attached hydrogens (tertiary/aromatic N) is 1. The number of halogens is 2. The summed E-state index contributed by atoms with van der Waals surface area (Å²) in [5.41, 5.74) is 1.62. The predicted molar refractivity (Wildman–Crippen MR) is 56.1 cm³/mol. The summed E-state index contributed by atoms with van der Waals surface area (Å²) < 4.78 is 30.0. The number of esters is 1. The molecule has 1 unspecified atom stereocenters. The zero-order valence-electron chi connectivity index (χ0n) is 9.50. The molecule has 0 fully saturated rings. The maximum absolute atomic E-state index is 12.6. The van der Waals surface area contributed by atoms with E-state index >= 15 is 0 Å². The van der Waals surface area contributed by atoms with Gasteiger partial charge in [-0.15, -0.1) is 0 Å². The molecule has 1 aromatic rings. The summed E-state index contributed by atoms with van der Waals surface area (Å²) in [4.78, 5) is 11.5. The van der Waals surface area contributed by atoms with Crippen LogP contribution in [-0.2, 0) is 17.6 Å². The first-order chi connectivity index (χ1) is 8.13. The van der Waals surface area contributed by atoms with Gasteiger partial charge in [-0.25, -0.2) is 13.6 Å². The fourth-order valence-electron chi connectivity index (χ4n) is 2.12. The molecule has 6 heteroatoms. The van der Waals surface area contributed by atoms with Crippen LogP contribution < -0.4 is 0 Å². The molecule has 1 N–H and O–H groups in total. The summed E-state index contributed by atoms with van der Waals surface area (Å²) in [7, 11) is 0. The Morgan fingerprint density at radius 3 is 3.06 bits per heavy atom. The minimum absolute atomic E-state index is 0.245. The van der Waals surface area contributed by atoms with Crippen molar-refractivity contribution >= 4 is 5.97 Å². The van der Waals surface area contributed by atoms with Crippen molar-refractivity contribution < 1.29 is 18.3 Å². The molecular formula is C11H14F2N2O2. The minimum Gasteiger partial charge on any atom is -0.461 e. The summed E-state index contributed by atoms with van der Waals surface area (Å²) in [5, 5.41) is 6.53. The molecule has 1 atom stereocenters. The Kier molecular flexibility index (Phi) is 3.40. The molecule has 0 radical (unpaired) electrons. The SMILES string of the molecule is CCOC(=O)c1n[nH]c2c1CCC(C(F)F)C2. The van der Waals surface area contributed by atoms with E-state index in [1.54, 1.807) is 6.92 Å². The Labute approximate surface area is 97.3 Å². The maximum Gasteiger partial charge on any atom is 0.359 e. The smallest absolute Gasteiger partial charge is 0.359 e. The molecule has 1 aliphatic carbocycles. The molecule has 1 aliphatic rings. The number of hydrogen-bond donors (Lipinski definition) is 1. The van der Waals surface area contributed by atoms with Crippen LogP contribution in [0.15, 0.2) is 0 Å². The van der Waals surface area contributed by atoms with Crippen LogP contribution in [0.1, 0.15) is 35.1 Å². The first kappa shape index (κ1) is 12.0. The van der Waals surface area contributed by atoms with E-state index < -0.39 is 18.3 Å². The monoisotopic (exact) mass is 244 g/mol. The largest absolute Gasteiger partial charge is 0.461 e. The Morgan fingerprint density at radius 2 is 2.41 bits per heavy atom. The van der Waals surface area contributed by atoms with Crippen LogP contribution in [0.2, 0.25) is 0 Å². The van der Waals surface area contributed by atoms with E-state index in [0.29, 0.717) is 18.5 Å². The van der Waals surface area contributed by atoms with Gasteiger partial charge in [-0.05, 0) is 26.2 Å². The second kappa shape index (κ2) is 4.81. The Bertz CT molecular complexity index is 418. The number of alkyl halides is 2. The molecule has 0 aromatic carbocycles. The number of nitrogens with one attached hydrogen (secondary N) is 1. The van der Waals surface area contributed by atoms with Gasteiger partial charge in [-0.3, -0.25) is 5.10 Å². The van der Waals surface area contributed by atoms with Gasteiger partial charge in [0.2, 0.25) is 6.43 Å². The highest BCUT2D eigenvalue weighted by Gasteiger charge is 2.31. The quantitative estimate of drug-likeness (QED) is 0.827. The van der Waals surface area contributed by atoms with Crippen molar-refractivity contribution in [3.05, 3.63) is 17.0 Å². The van der Waals surface area contributed by atoms with Gasteiger partial charge >= 0.3 is 5.97 Å². The lowest BCUT2D eigenvalue weighted by molar-refractivity contribution is 0.0517. The molecule has 17 heavy (non-hydrogen) atoms. The van der Waals surface area contributed by atoms with E-state index in [9.17, 15) is 13.6 Å². The van der Waals surface area contributed by atoms with Gasteiger partial charge in [-0.1, -0.05) is 0 Å². The van der Waals surface area contributed by atoms with Crippen LogP contribution in [0.3, 0.4) is 0 Å². The fraction of sp³-hybridized carbons (Fsp3) is 0.636. The molecule has 0 saturated carbocycles. The summed E-state index contributed by atoms with van der Waals surface area (Å²) in [6.07, 6.45) is -1.23. The molecular weight excluding hydrogens is 230 g/mol. The van der Waals surface area contributed by atoms with Crippen LogP contribution in [0, 0.1) is 5.92 Å². The fourth-order valence-corrected chi connectivity index (χ4v) is 2.12. The third-order valence-electron chi connectivity index (χ3n) is 3.01. The standard InChI is InChI=1S/C11H14F2N2O2/c1-2-17-11(16)9-7-4-3-6(10(12)13)5-8(7)14-15-9/h6,10H,2-5H2,1H3,(H,14,15). The molecule has 0 bridgehead atoms. The van der Waals surface area contributed by atoms with Crippen molar-refractivity contribution in [3.8, 4) is 0 Å². The Morgan fingerprint density at radius 1 is 1.65 bits per heavy atom. The molecule has 2 rings (SSSR count). The molecule has 1 heterocycles. The normalized spacial score (nSPS) is 19.2. The number of carbonyl (C=O) groups is 1. The van der Waals surface area contributed by atoms with E-state index in [-0.39, 0.29) is 18.7 Å². The number of ether oxygens (including phenoxy) is 1. The number of H-pyrrole nitrogens is 1. The Hall–Kier alpha value is -1.46. The van der Waals surface area contributed by atoms with Gasteiger partial charge < -0.3 is 4.74 Å². The van der Waals surface area contributed by atoms with Crippen LogP contribution in [0.4, 0.5) is 8.78 Å². The lowest BCUT2D eigenvalue weighted by Crippen LogP contribution is -2.21. The lowest BCUT2D eigenvalue weighted by Gasteiger charge is -2.20. The first-order valence-corrected chi connectivity index (χ1v) is 5.64. The molecule has 94 valence electrons. The highest BCUT2D eigenvalue weighted by atomic mass is 19.3. The summed E-state index contributed by atoms with van der Waals surface area (Å²) in [6.45, 7) is 1.99. The topological polar surface area (TPSA) is 55.0 Å². The highest BCUT2D eigenvalue weighted by molar-refractivity contribution is 5.89. The van der Waals surface area contributed by atoms with Crippen molar-refractivity contribution in [2.24, 2.45) is 5.92 Å². The van der Waals surface area contributed by atoms with E-state index in [2.05, 4.69) is 10.2 Å². The van der Waals surface area contributed by atoms with Crippen molar-refractivity contribution in [3.63, 3.8) is 0 Å². The molecule has 0 saturated heterocycles. The van der Waals surface area contributed by atoms with Gasteiger partial charge in [0.25, 0.3) is 0 Å². The van der Waals surface area contributed by atoms with Crippen molar-refractivity contribution in [2.75, 3.05) is 6.61 Å². The van der Waals surface area contributed by atoms with E-state index in [0.717, 1.165) is 5.56 Å². The Balaban J connectivity index is 2.18. The molecule has 0 spiro atoms. The predicted octanol–water partition coefficient (Wildman–Crippen LogP) is 1.96. The number of rotatable bonds is 3. The zero-order valence-corrected chi connectivity index (χ0v) is 9.50. The summed E-state index contributed by atoms with van der Waals surface area (Å²) in [5.74, 6) is -1.13. The number of aromatic amines is 1. The average molecular weight is 244 g/mol. The summed E-state index contributed by atoms with van der Waals surface area (Å²) >= 11 is 0. The van der Waals surface area contributed by atoms with Crippen molar-refractivity contribution in [1.82, 2.24) is 10.2 Å². The van der Waals surface area contributed by atoms with Crippen molar-refractivity contribution in [1.29, 1.82) is 0 Å². The van der Waals surface area contributed by atoms with E-state index in [1.807, 2.05) is 0 Å². The second-order valence-corrected chi connectivity index (χ2v) is 4.09. The van der Waals surface area contributed by atoms with Crippen LogP contribution in [-0.4, -0.2) is 29.2 Å². The second-order valence-electron chi connectivity index (χ2n) is 4.09. The third kappa shape index (κ3) is 2.30. The third-order valence-corrected chi connectivity index (χ3v) is 3.01. The highest BCUT2D eigenvalue weighted by Crippen LogP contribution is 2.30. The molecule has 4 nitrogen and oxygen atoms in total. The number of aromatic nitrogens is 2. The van der Waals surface area contributed by atoms with Gasteiger partial charge in [0.15, 0.2) is 5.69 Å². The van der Waals surface area contributed by atoms with Gasteiger partial charge in [0, 0.05) is 17.2 Å². The number of carbonyl (C=O) groups excluding carboxylic acids is 1. The van der Waals surface area contributed by atoms with Gasteiger partial charge in [-0.2, -0.15) is 5.10 Å². The minimum atomic E-state index is -2.32. The maximum atomic E-state index is 12.6. The number of fused-ring (bicyclic) bond motifs is 1. The van der Waals surface area contributed by atoms with Crippen LogP contribution >= 0.6 is 0 Å². The first-order valence-electron chi connectivity index (χ1n) is 5.64.